The Morgan fingerprint density at radius 3 is 2.67 bits per heavy atom. The maximum Gasteiger partial charge on any atom is 0.338 e. The highest BCUT2D eigenvalue weighted by molar-refractivity contribution is 7.92. The summed E-state index contributed by atoms with van der Waals surface area (Å²) in [4.78, 5) is 11.9. The van der Waals surface area contributed by atoms with Gasteiger partial charge >= 0.3 is 5.97 Å². The minimum atomic E-state index is -3.31. The van der Waals surface area contributed by atoms with E-state index < -0.39 is 21.1 Å². The zero-order valence-corrected chi connectivity index (χ0v) is 11.5. The van der Waals surface area contributed by atoms with Crippen LogP contribution in [0.5, 0.6) is 0 Å². The van der Waals surface area contributed by atoms with Crippen LogP contribution in [0.1, 0.15) is 34.8 Å². The highest BCUT2D eigenvalue weighted by Crippen LogP contribution is 2.31. The fourth-order valence-electron chi connectivity index (χ4n) is 2.27. The van der Waals surface area contributed by atoms with Gasteiger partial charge in [0.15, 0.2) is 9.84 Å². The normalized spacial score (nSPS) is 21.2. The SMILES string of the molecule is COC(=O)c1cc2c(cc1C)CCC(C)S2(=O)=O. The molecule has 1 aliphatic heterocycles. The largest absolute Gasteiger partial charge is 0.465 e. The molecule has 0 radical (unpaired) electrons. The molecule has 1 aliphatic rings. The molecule has 4 nitrogen and oxygen atoms in total. The Morgan fingerprint density at radius 2 is 2.06 bits per heavy atom. The number of rotatable bonds is 1. The van der Waals surface area contributed by atoms with E-state index in [2.05, 4.69) is 4.74 Å². The number of carbonyl (C=O) groups is 1. The average molecular weight is 268 g/mol. The third-order valence-corrected chi connectivity index (χ3v) is 5.76. The number of hydrogen-bond acceptors (Lipinski definition) is 4. The van der Waals surface area contributed by atoms with Gasteiger partial charge in [-0.1, -0.05) is 6.07 Å². The van der Waals surface area contributed by atoms with Gasteiger partial charge in [-0.25, -0.2) is 13.2 Å². The molecule has 1 aromatic carbocycles. The molecule has 0 aliphatic carbocycles. The molecule has 0 aromatic heterocycles. The standard InChI is InChI=1S/C13H16O4S/c1-8-6-10-5-4-9(2)18(15,16)12(10)7-11(8)13(14)17-3/h6-7,9H,4-5H2,1-3H3. The highest BCUT2D eigenvalue weighted by Gasteiger charge is 2.31. The van der Waals surface area contributed by atoms with Gasteiger partial charge in [0.05, 0.1) is 22.8 Å². The molecule has 2 rings (SSSR count). The maximum atomic E-state index is 12.2. The molecular weight excluding hydrogens is 252 g/mol. The number of fused-ring (bicyclic) bond motifs is 1. The summed E-state index contributed by atoms with van der Waals surface area (Å²) in [5.41, 5.74) is 1.89. The van der Waals surface area contributed by atoms with Crippen LogP contribution in [0.3, 0.4) is 0 Å². The summed E-state index contributed by atoms with van der Waals surface area (Å²) in [5.74, 6) is -0.497. The van der Waals surface area contributed by atoms with Gasteiger partial charge in [-0.05, 0) is 43.9 Å². The van der Waals surface area contributed by atoms with Crippen LogP contribution in [0.2, 0.25) is 0 Å². The van der Waals surface area contributed by atoms with E-state index in [1.165, 1.54) is 13.2 Å². The molecule has 18 heavy (non-hydrogen) atoms. The lowest BCUT2D eigenvalue weighted by Crippen LogP contribution is -2.25. The Hall–Kier alpha value is -1.36. The second-order valence-electron chi connectivity index (χ2n) is 4.66. The van der Waals surface area contributed by atoms with Crippen LogP contribution < -0.4 is 0 Å². The lowest BCUT2D eigenvalue weighted by atomic mass is 10.0. The van der Waals surface area contributed by atoms with Crippen molar-refractivity contribution in [2.75, 3.05) is 7.11 Å². The summed E-state index contributed by atoms with van der Waals surface area (Å²) in [5, 5.41) is -0.391. The van der Waals surface area contributed by atoms with Crippen LogP contribution in [0, 0.1) is 6.92 Å². The van der Waals surface area contributed by atoms with Gasteiger partial charge < -0.3 is 4.74 Å². The summed E-state index contributed by atoms with van der Waals surface area (Å²) in [6.07, 6.45) is 1.37. The van der Waals surface area contributed by atoms with Crippen LogP contribution >= 0.6 is 0 Å². The molecule has 5 heteroatoms. The lowest BCUT2D eigenvalue weighted by molar-refractivity contribution is 0.0599. The van der Waals surface area contributed by atoms with E-state index in [1.807, 2.05) is 0 Å². The minimum absolute atomic E-state index is 0.284. The van der Waals surface area contributed by atoms with Gasteiger partial charge in [0.25, 0.3) is 0 Å². The van der Waals surface area contributed by atoms with Crippen molar-refractivity contribution in [1.29, 1.82) is 0 Å². The van der Waals surface area contributed by atoms with Gasteiger partial charge in [0.2, 0.25) is 0 Å². The zero-order valence-electron chi connectivity index (χ0n) is 10.7. The molecule has 1 heterocycles. The molecular formula is C13H16O4S. The van der Waals surface area contributed by atoms with Crippen molar-refractivity contribution in [3.05, 3.63) is 28.8 Å². The molecule has 0 saturated heterocycles. The molecule has 1 atom stereocenters. The van der Waals surface area contributed by atoms with Crippen molar-refractivity contribution in [3.8, 4) is 0 Å². The number of sulfone groups is 1. The third-order valence-electron chi connectivity index (χ3n) is 3.47. The van der Waals surface area contributed by atoms with E-state index in [0.29, 0.717) is 12.0 Å². The van der Waals surface area contributed by atoms with E-state index in [1.54, 1.807) is 19.9 Å². The predicted molar refractivity (Wildman–Crippen MR) is 67.5 cm³/mol. The Bertz CT molecular complexity index is 602. The van der Waals surface area contributed by atoms with Gasteiger partial charge in [-0.15, -0.1) is 0 Å². The zero-order chi connectivity index (χ0) is 13.5. The predicted octanol–water partition coefficient (Wildman–Crippen LogP) is 1.89. The number of carbonyl (C=O) groups excluding carboxylic acids is 1. The Balaban J connectivity index is 2.67. The maximum absolute atomic E-state index is 12.2. The summed E-state index contributed by atoms with van der Waals surface area (Å²) in [7, 11) is -2.02. The third kappa shape index (κ3) is 1.92. The average Bonchev–Trinajstić information content (AvgIpc) is 2.33. The first kappa shape index (κ1) is 13.1. The topological polar surface area (TPSA) is 60.4 Å². The molecule has 0 fully saturated rings. The number of hydrogen-bond donors (Lipinski definition) is 0. The molecule has 0 N–H and O–H groups in total. The van der Waals surface area contributed by atoms with Crippen molar-refractivity contribution >= 4 is 15.8 Å². The first-order valence-electron chi connectivity index (χ1n) is 5.83. The van der Waals surface area contributed by atoms with Gasteiger partial charge in [0.1, 0.15) is 0 Å². The van der Waals surface area contributed by atoms with Crippen LogP contribution in [-0.4, -0.2) is 26.7 Å². The summed E-state index contributed by atoms with van der Waals surface area (Å²) in [6.45, 7) is 3.49. The van der Waals surface area contributed by atoms with Gasteiger partial charge in [-0.3, -0.25) is 0 Å². The number of ether oxygens (including phenoxy) is 1. The van der Waals surface area contributed by atoms with E-state index in [4.69, 9.17) is 0 Å². The quantitative estimate of drug-likeness (QED) is 0.730. The molecule has 0 amide bonds. The monoisotopic (exact) mass is 268 g/mol. The molecule has 98 valence electrons. The van der Waals surface area contributed by atoms with Crippen molar-refractivity contribution in [2.24, 2.45) is 0 Å². The van der Waals surface area contributed by atoms with Crippen molar-refractivity contribution in [3.63, 3.8) is 0 Å². The molecule has 1 aromatic rings. The first-order valence-corrected chi connectivity index (χ1v) is 7.38. The van der Waals surface area contributed by atoms with E-state index in [9.17, 15) is 13.2 Å². The number of esters is 1. The van der Waals surface area contributed by atoms with Gasteiger partial charge in [0, 0.05) is 0 Å². The summed E-state index contributed by atoms with van der Waals surface area (Å²) < 4.78 is 29.1. The molecule has 1 unspecified atom stereocenters. The van der Waals surface area contributed by atoms with Crippen LogP contribution in [-0.2, 0) is 21.0 Å². The van der Waals surface area contributed by atoms with E-state index in [0.717, 1.165) is 17.5 Å². The number of methoxy groups -OCH3 is 1. The van der Waals surface area contributed by atoms with Crippen molar-refractivity contribution in [1.82, 2.24) is 0 Å². The van der Waals surface area contributed by atoms with E-state index >= 15 is 0 Å². The minimum Gasteiger partial charge on any atom is -0.465 e. The van der Waals surface area contributed by atoms with Crippen LogP contribution in [0.15, 0.2) is 17.0 Å². The van der Waals surface area contributed by atoms with Crippen LogP contribution in [0.4, 0.5) is 0 Å². The Morgan fingerprint density at radius 1 is 1.39 bits per heavy atom. The van der Waals surface area contributed by atoms with Crippen molar-refractivity contribution < 1.29 is 17.9 Å². The fourth-order valence-corrected chi connectivity index (χ4v) is 3.94. The Labute approximate surface area is 107 Å². The fraction of sp³-hybridized carbons (Fsp3) is 0.462. The first-order chi connectivity index (χ1) is 8.37. The highest BCUT2D eigenvalue weighted by atomic mass is 32.2. The molecule has 0 saturated carbocycles. The second-order valence-corrected chi connectivity index (χ2v) is 7.00. The summed E-state index contributed by atoms with van der Waals surface area (Å²) >= 11 is 0. The Kier molecular flexibility index (Phi) is 3.19. The van der Waals surface area contributed by atoms with Crippen LogP contribution in [0.25, 0.3) is 0 Å². The lowest BCUT2D eigenvalue weighted by Gasteiger charge is -2.23. The molecule has 0 bridgehead atoms. The smallest absolute Gasteiger partial charge is 0.338 e. The second kappa shape index (κ2) is 4.39. The van der Waals surface area contributed by atoms with Gasteiger partial charge in [-0.2, -0.15) is 0 Å². The summed E-state index contributed by atoms with van der Waals surface area (Å²) in [6, 6.07) is 3.24. The number of aryl methyl sites for hydroxylation is 2. The number of benzene rings is 1. The van der Waals surface area contributed by atoms with Crippen molar-refractivity contribution in [2.45, 2.75) is 36.8 Å². The molecule has 0 spiro atoms. The van der Waals surface area contributed by atoms with E-state index in [-0.39, 0.29) is 4.90 Å².